The molecule has 0 aliphatic carbocycles. The first-order chi connectivity index (χ1) is 49.9. The highest BCUT2D eigenvalue weighted by atomic mass is 16.6. The Bertz CT molecular complexity index is 2900. The number of carbonyl (C=O) groups excluding carboxylic acids is 8. The second-order valence-electron chi connectivity index (χ2n) is 31.8. The topological polar surface area (TPSA) is 352 Å². The van der Waals surface area contributed by atoms with Crippen molar-refractivity contribution in [2.45, 2.75) is 270 Å². The minimum atomic E-state index is -1.02. The third-order valence-electron chi connectivity index (χ3n) is 19.2. The van der Waals surface area contributed by atoms with Crippen LogP contribution in [-0.4, -0.2) is 147 Å². The van der Waals surface area contributed by atoms with Crippen LogP contribution in [0.25, 0.3) is 0 Å². The maximum absolute atomic E-state index is 11.9. The average molecular weight is 1550 g/mol. The minimum absolute atomic E-state index is 0.131. The summed E-state index contributed by atoms with van der Waals surface area (Å²) in [6.07, 6.45) is 7.42. The number of ether oxygens (including phenoxy) is 9. The highest BCUT2D eigenvalue weighted by Gasteiger charge is 2.52. The lowest BCUT2D eigenvalue weighted by Gasteiger charge is -2.42. The maximum Gasteiger partial charge on any atom is 0.333 e. The number of hydrogen-bond acceptors (Lipinski definition) is 21. The van der Waals surface area contributed by atoms with Crippen LogP contribution in [0.1, 0.15) is 262 Å². The zero-order chi connectivity index (χ0) is 86.8. The van der Waals surface area contributed by atoms with E-state index in [-0.39, 0.29) is 88.8 Å². The molecule has 628 valence electrons. The second kappa shape index (κ2) is 54.6. The van der Waals surface area contributed by atoms with E-state index >= 15 is 0 Å². The summed E-state index contributed by atoms with van der Waals surface area (Å²) in [6, 6.07) is 19.4. The minimum Gasteiger partial charge on any atom is -0.481 e. The molecule has 0 saturated carbocycles. The molecule has 0 amide bonds. The van der Waals surface area contributed by atoms with Crippen molar-refractivity contribution in [3.63, 3.8) is 0 Å². The fourth-order valence-electron chi connectivity index (χ4n) is 6.75. The highest BCUT2D eigenvalue weighted by Crippen LogP contribution is 2.43. The summed E-state index contributed by atoms with van der Waals surface area (Å²) < 4.78 is 44.7. The number of rotatable bonds is 30. The van der Waals surface area contributed by atoms with Gasteiger partial charge in [0.1, 0.15) is 39.1 Å². The van der Waals surface area contributed by atoms with Crippen molar-refractivity contribution in [2.24, 2.45) is 54.1 Å². The molecule has 4 N–H and O–H groups in total. The molecule has 3 unspecified atom stereocenters. The number of carbonyl (C=O) groups is 11. The van der Waals surface area contributed by atoms with E-state index in [2.05, 4.69) is 17.9 Å². The number of carboxylic acid groups (broad SMARTS) is 3. The largest absolute Gasteiger partial charge is 0.481 e. The molecule has 0 aromatic heterocycles. The average Bonchev–Trinajstić information content (AvgIpc) is 0.776. The monoisotopic (exact) mass is 1550 g/mol. The number of aliphatic hydroxyl groups is 1. The SMILES string of the molecule is C=C(C)C(=O)OCC(O)COC(=O)C(C)(C)CC.C=CCOC(=O)C(C)(C)CC.CCC(C)(C)C(=O)O.CCC(C)(C)C(=O)O.CCC(C)(C)C(=O)O.CCC(C)(C)C(=O)OC.CCC(C)(C)C(=O)OCc1ccccc1.CCC(C)(C)C(=O)OCc1ccccc1.CCC1(C(=O)OC)COCC(C)(C(=O)OC)C1. The first-order valence-corrected chi connectivity index (χ1v) is 37.3. The van der Waals surface area contributed by atoms with Crippen LogP contribution < -0.4 is 0 Å². The Morgan fingerprint density at radius 1 is 0.440 bits per heavy atom. The van der Waals surface area contributed by atoms with Crippen molar-refractivity contribution in [2.75, 3.05) is 54.4 Å². The predicted octanol–water partition coefficient (Wildman–Crippen LogP) is 17.2. The summed E-state index contributed by atoms with van der Waals surface area (Å²) in [5, 5.41) is 34.8. The summed E-state index contributed by atoms with van der Waals surface area (Å²) in [7, 11) is 4.11. The van der Waals surface area contributed by atoms with E-state index < -0.39 is 62.5 Å². The molecule has 1 heterocycles. The zero-order valence-corrected chi connectivity index (χ0v) is 72.3. The number of benzene rings is 2. The van der Waals surface area contributed by atoms with Crippen molar-refractivity contribution < 1.29 is 116 Å². The van der Waals surface area contributed by atoms with Gasteiger partial charge in [-0.05, 0) is 200 Å². The molecule has 1 saturated heterocycles. The number of aliphatic carboxylic acids is 3. The van der Waals surface area contributed by atoms with Crippen LogP contribution in [0, 0.1) is 54.1 Å². The lowest BCUT2D eigenvalue weighted by atomic mass is 9.69. The molecule has 24 nitrogen and oxygen atoms in total. The van der Waals surface area contributed by atoms with Crippen LogP contribution in [0.15, 0.2) is 85.5 Å². The summed E-state index contributed by atoms with van der Waals surface area (Å²) in [4.78, 5) is 122. The Morgan fingerprint density at radius 3 is 0.982 bits per heavy atom. The van der Waals surface area contributed by atoms with Crippen LogP contribution in [0.2, 0.25) is 0 Å². The molecule has 24 heteroatoms. The fraction of sp³-hybridized carbons (Fsp3) is 0.682. The molecule has 1 aliphatic heterocycles. The quantitative estimate of drug-likeness (QED) is 0.0244. The first kappa shape index (κ1) is 112. The molecule has 109 heavy (non-hydrogen) atoms. The van der Waals surface area contributed by atoms with Crippen LogP contribution in [0.5, 0.6) is 0 Å². The molecule has 2 aromatic rings. The van der Waals surface area contributed by atoms with Crippen LogP contribution in [0.4, 0.5) is 0 Å². The van der Waals surface area contributed by atoms with Gasteiger partial charge in [0.15, 0.2) is 0 Å². The van der Waals surface area contributed by atoms with Gasteiger partial charge in [0.25, 0.3) is 0 Å². The van der Waals surface area contributed by atoms with Gasteiger partial charge in [-0.25, -0.2) is 4.79 Å². The molecule has 0 radical (unpaired) electrons. The Labute approximate surface area is 654 Å². The van der Waals surface area contributed by atoms with Crippen molar-refractivity contribution >= 4 is 65.7 Å². The number of methoxy groups -OCH3 is 3. The standard InChI is InChI=1S/C13H22O5.2C13H18O2.C12H20O5.C9H16O2.C7H14O2.3C6H12O2/c1-6-13(4,5)12(16)18-8-10(14)7-17-11(15)9(2)3;2*1-4-13(2,3)12(14)15-10-11-8-6-5-7-9-11;1-5-12(10(14)16-4)6-11(2,7-17-8-12)9(13)15-3;1-5-7-11-8(10)9(3,4)6-2;1-5-7(2,3)6(8)9-4;3*1-4-6(2,3)5(7)8/h10,14H,2,6-8H2,1,3-5H3;2*5-9H,4,10H2,1-3H3;5-8H2,1-4H3;5H,1,6-7H2,2-4H3;5H2,1-4H3;3*4H2,1-3H3,(H,7,8). The van der Waals surface area contributed by atoms with Gasteiger partial charge in [-0.1, -0.05) is 142 Å². The Hall–Kier alpha value is -7.99. The Morgan fingerprint density at radius 2 is 0.734 bits per heavy atom. The lowest BCUT2D eigenvalue weighted by Crippen LogP contribution is -2.50. The molecule has 0 spiro atoms. The number of hydrogen-bond donors (Lipinski definition) is 4. The third kappa shape index (κ3) is 47.0. The van der Waals surface area contributed by atoms with Crippen molar-refractivity contribution in [1.82, 2.24) is 0 Å². The highest BCUT2D eigenvalue weighted by molar-refractivity contribution is 5.87. The van der Waals surface area contributed by atoms with E-state index in [9.17, 15) is 57.8 Å². The van der Waals surface area contributed by atoms with E-state index in [1.165, 1.54) is 28.3 Å². The second-order valence-corrected chi connectivity index (χ2v) is 31.8. The van der Waals surface area contributed by atoms with Crippen LogP contribution in [-0.2, 0) is 109 Å². The van der Waals surface area contributed by atoms with Gasteiger partial charge in [0.05, 0.1) is 88.7 Å². The zero-order valence-electron chi connectivity index (χ0n) is 72.3. The molecule has 2 aromatic carbocycles. The molecule has 1 aliphatic rings. The molecular weight excluding hydrogens is 1400 g/mol. The van der Waals surface area contributed by atoms with Gasteiger partial charge < -0.3 is 63.1 Å². The molecule has 3 rings (SSSR count). The van der Waals surface area contributed by atoms with Gasteiger partial charge in [0, 0.05) is 5.57 Å². The van der Waals surface area contributed by atoms with E-state index in [0.717, 1.165) is 36.8 Å². The third-order valence-corrected chi connectivity index (χ3v) is 19.2. The smallest absolute Gasteiger partial charge is 0.333 e. The van der Waals surface area contributed by atoms with Crippen molar-refractivity contribution in [1.29, 1.82) is 0 Å². The number of esters is 8. The fourth-order valence-corrected chi connectivity index (χ4v) is 6.75. The summed E-state index contributed by atoms with van der Waals surface area (Å²) in [5.41, 5.74) is -2.84. The maximum atomic E-state index is 11.9. The van der Waals surface area contributed by atoms with Gasteiger partial charge in [0.2, 0.25) is 0 Å². The molecular formula is C85H144O24. The normalized spacial score (nSPS) is 14.8. The van der Waals surface area contributed by atoms with Gasteiger partial charge in [-0.2, -0.15) is 0 Å². The van der Waals surface area contributed by atoms with Crippen LogP contribution >= 0.6 is 0 Å². The Kier molecular flexibility index (Phi) is 56.1. The molecule has 1 fully saturated rings. The summed E-state index contributed by atoms with van der Waals surface area (Å²) in [6.45, 7) is 57.6. The van der Waals surface area contributed by atoms with E-state index in [4.69, 9.17) is 53.2 Å². The van der Waals surface area contributed by atoms with E-state index in [0.29, 0.717) is 65.0 Å². The van der Waals surface area contributed by atoms with Gasteiger partial charge in [-0.3, -0.25) is 47.9 Å². The van der Waals surface area contributed by atoms with Crippen LogP contribution in [0.3, 0.4) is 0 Å². The predicted molar refractivity (Wildman–Crippen MR) is 424 cm³/mol. The van der Waals surface area contributed by atoms with Crippen molar-refractivity contribution in [3.8, 4) is 0 Å². The van der Waals surface area contributed by atoms with Gasteiger partial charge >= 0.3 is 65.7 Å². The summed E-state index contributed by atoms with van der Waals surface area (Å²) >= 11 is 0. The van der Waals surface area contributed by atoms with E-state index in [1.807, 2.05) is 178 Å². The summed E-state index contributed by atoms with van der Waals surface area (Å²) in [5.74, 6) is -4.34. The molecule has 3 atom stereocenters. The first-order valence-electron chi connectivity index (χ1n) is 37.3. The van der Waals surface area contributed by atoms with E-state index in [1.54, 1.807) is 68.4 Å². The number of carboxylic acids is 3. The van der Waals surface area contributed by atoms with Crippen molar-refractivity contribution in [3.05, 3.63) is 96.6 Å². The van der Waals surface area contributed by atoms with Gasteiger partial charge in [-0.15, -0.1) is 0 Å². The lowest BCUT2D eigenvalue weighted by molar-refractivity contribution is -0.181. The number of aliphatic hydroxyl groups excluding tert-OH is 1. The Balaban J connectivity index is -0.000000278. The molecule has 0 bridgehead atoms.